The molecular formula is C18H13FN2O4. The normalized spacial score (nSPS) is 11.4. The summed E-state index contributed by atoms with van der Waals surface area (Å²) in [7, 11) is 0. The molecule has 0 saturated heterocycles. The maximum absolute atomic E-state index is 13.3. The molecule has 0 atom stereocenters. The van der Waals surface area contributed by atoms with Crippen LogP contribution in [0.25, 0.3) is 11.0 Å². The van der Waals surface area contributed by atoms with Gasteiger partial charge in [-0.1, -0.05) is 24.3 Å². The Labute approximate surface area is 141 Å². The summed E-state index contributed by atoms with van der Waals surface area (Å²) < 4.78 is 18.8. The van der Waals surface area contributed by atoms with Gasteiger partial charge in [0.2, 0.25) is 0 Å². The standard InChI is InChI=1S/C18H13FN2O4/c1-11(22)25-21-18-15(9-12-5-2-3-8-16(12)24-18)17(23)20-14-7-4-6-13(19)10-14/h2-10H,1H3,(H,20,23)/b21-18+. The lowest BCUT2D eigenvalue weighted by Crippen LogP contribution is -2.22. The molecule has 0 spiro atoms. The minimum absolute atomic E-state index is 0.0456. The van der Waals surface area contributed by atoms with E-state index in [1.54, 1.807) is 36.4 Å². The summed E-state index contributed by atoms with van der Waals surface area (Å²) in [6.45, 7) is 1.18. The first-order valence-electron chi connectivity index (χ1n) is 7.34. The number of amides is 1. The second-order valence-electron chi connectivity index (χ2n) is 5.14. The number of halogens is 1. The minimum Gasteiger partial charge on any atom is -0.435 e. The van der Waals surface area contributed by atoms with Crippen molar-refractivity contribution in [1.82, 2.24) is 0 Å². The van der Waals surface area contributed by atoms with E-state index in [2.05, 4.69) is 15.3 Å². The highest BCUT2D eigenvalue weighted by molar-refractivity contribution is 6.05. The summed E-state index contributed by atoms with van der Waals surface area (Å²) in [6.07, 6.45) is 0. The lowest BCUT2D eigenvalue weighted by molar-refractivity contribution is -0.141. The highest BCUT2D eigenvalue weighted by Crippen LogP contribution is 2.15. The largest absolute Gasteiger partial charge is 0.435 e. The van der Waals surface area contributed by atoms with Gasteiger partial charge in [0.15, 0.2) is 0 Å². The van der Waals surface area contributed by atoms with Gasteiger partial charge >= 0.3 is 5.97 Å². The molecular weight excluding hydrogens is 327 g/mol. The number of hydrogen-bond donors (Lipinski definition) is 1. The van der Waals surface area contributed by atoms with Gasteiger partial charge in [-0.05, 0) is 35.5 Å². The maximum Gasteiger partial charge on any atom is 0.332 e. The van der Waals surface area contributed by atoms with Crippen LogP contribution in [0, 0.1) is 5.82 Å². The van der Waals surface area contributed by atoms with Gasteiger partial charge in [-0.25, -0.2) is 9.18 Å². The smallest absolute Gasteiger partial charge is 0.332 e. The number of carbonyl (C=O) groups is 2. The Kier molecular flexibility index (Phi) is 4.56. The van der Waals surface area contributed by atoms with E-state index in [1.165, 1.54) is 25.1 Å². The maximum atomic E-state index is 13.3. The monoisotopic (exact) mass is 340 g/mol. The Morgan fingerprint density at radius 2 is 1.92 bits per heavy atom. The molecule has 0 unspecified atom stereocenters. The highest BCUT2D eigenvalue weighted by atomic mass is 19.1. The number of anilines is 1. The fraction of sp³-hybridized carbons (Fsp3) is 0.0556. The molecule has 1 aromatic heterocycles. The van der Waals surface area contributed by atoms with Gasteiger partial charge in [-0.2, -0.15) is 0 Å². The third-order valence-corrected chi connectivity index (χ3v) is 3.24. The Balaban J connectivity index is 2.05. The average molecular weight is 340 g/mol. The summed E-state index contributed by atoms with van der Waals surface area (Å²) in [6, 6.07) is 14.0. The van der Waals surface area contributed by atoms with Crippen molar-refractivity contribution in [2.75, 3.05) is 5.32 Å². The van der Waals surface area contributed by atoms with E-state index in [0.717, 1.165) is 0 Å². The first-order chi connectivity index (χ1) is 12.0. The van der Waals surface area contributed by atoms with Gasteiger partial charge in [-0.3, -0.25) is 4.79 Å². The Hall–Kier alpha value is -3.48. The molecule has 0 aliphatic carbocycles. The van der Waals surface area contributed by atoms with Crippen LogP contribution in [0.2, 0.25) is 0 Å². The van der Waals surface area contributed by atoms with E-state index in [0.29, 0.717) is 11.0 Å². The van der Waals surface area contributed by atoms with Gasteiger partial charge in [-0.15, -0.1) is 0 Å². The van der Waals surface area contributed by atoms with Crippen molar-refractivity contribution in [1.29, 1.82) is 0 Å². The fourth-order valence-electron chi connectivity index (χ4n) is 2.17. The number of carbonyl (C=O) groups excluding carboxylic acids is 2. The van der Waals surface area contributed by atoms with Crippen molar-refractivity contribution < 1.29 is 23.2 Å². The molecule has 2 aromatic carbocycles. The number of rotatable bonds is 3. The van der Waals surface area contributed by atoms with E-state index in [9.17, 15) is 14.0 Å². The number of fused-ring (bicyclic) bond motifs is 1. The molecule has 1 heterocycles. The molecule has 3 rings (SSSR count). The van der Waals surface area contributed by atoms with Gasteiger partial charge in [0.05, 0.1) is 0 Å². The number of benzene rings is 2. The van der Waals surface area contributed by atoms with Crippen LogP contribution < -0.4 is 10.9 Å². The molecule has 0 fully saturated rings. The molecule has 25 heavy (non-hydrogen) atoms. The van der Waals surface area contributed by atoms with Gasteiger partial charge < -0.3 is 14.6 Å². The van der Waals surface area contributed by atoms with Crippen LogP contribution in [-0.2, 0) is 9.63 Å². The fourth-order valence-corrected chi connectivity index (χ4v) is 2.17. The second kappa shape index (κ2) is 6.96. The molecule has 0 saturated carbocycles. The van der Waals surface area contributed by atoms with E-state index in [4.69, 9.17) is 4.42 Å². The van der Waals surface area contributed by atoms with Crippen LogP contribution in [-0.4, -0.2) is 11.9 Å². The summed E-state index contributed by atoms with van der Waals surface area (Å²) in [5, 5.41) is 6.80. The molecule has 0 bridgehead atoms. The van der Waals surface area contributed by atoms with Crippen molar-refractivity contribution in [2.24, 2.45) is 5.16 Å². The molecule has 0 radical (unpaired) electrons. The van der Waals surface area contributed by atoms with E-state index in [1.807, 2.05) is 0 Å². The van der Waals surface area contributed by atoms with Crippen molar-refractivity contribution in [3.05, 3.63) is 71.5 Å². The van der Waals surface area contributed by atoms with Crippen LogP contribution in [0.15, 0.2) is 64.2 Å². The summed E-state index contributed by atoms with van der Waals surface area (Å²) in [5.74, 6) is -1.71. The third kappa shape index (κ3) is 3.89. The average Bonchev–Trinajstić information content (AvgIpc) is 2.59. The Morgan fingerprint density at radius 3 is 2.68 bits per heavy atom. The predicted octanol–water partition coefficient (Wildman–Crippen LogP) is 3.20. The highest BCUT2D eigenvalue weighted by Gasteiger charge is 2.14. The Morgan fingerprint density at radius 1 is 1.12 bits per heavy atom. The minimum atomic E-state index is -0.653. The molecule has 1 amide bonds. The molecule has 126 valence electrons. The molecule has 7 heteroatoms. The predicted molar refractivity (Wildman–Crippen MR) is 87.9 cm³/mol. The van der Waals surface area contributed by atoms with Gasteiger partial charge in [0.1, 0.15) is 17.0 Å². The van der Waals surface area contributed by atoms with Crippen LogP contribution in [0.4, 0.5) is 10.1 Å². The topological polar surface area (TPSA) is 80.9 Å². The lowest BCUT2D eigenvalue weighted by Gasteiger charge is -2.06. The number of nitrogens with one attached hydrogen (secondary N) is 1. The quantitative estimate of drug-likeness (QED) is 0.586. The SMILES string of the molecule is CC(=O)O/N=c1/oc2ccccc2cc1C(=O)Nc1cccc(F)c1. The molecule has 0 aliphatic heterocycles. The van der Waals surface area contributed by atoms with Crippen molar-refractivity contribution >= 4 is 28.5 Å². The van der Waals surface area contributed by atoms with E-state index in [-0.39, 0.29) is 16.8 Å². The van der Waals surface area contributed by atoms with Crippen LogP contribution in [0.1, 0.15) is 17.3 Å². The zero-order valence-electron chi connectivity index (χ0n) is 13.2. The number of para-hydroxylation sites is 1. The molecule has 1 N–H and O–H groups in total. The van der Waals surface area contributed by atoms with Crippen molar-refractivity contribution in [3.8, 4) is 0 Å². The van der Waals surface area contributed by atoms with Gasteiger partial charge in [0, 0.05) is 18.0 Å². The number of hydrogen-bond acceptors (Lipinski definition) is 5. The third-order valence-electron chi connectivity index (χ3n) is 3.24. The summed E-state index contributed by atoms with van der Waals surface area (Å²) in [4.78, 5) is 28.1. The van der Waals surface area contributed by atoms with E-state index >= 15 is 0 Å². The van der Waals surface area contributed by atoms with E-state index < -0.39 is 17.7 Å². The van der Waals surface area contributed by atoms with Crippen LogP contribution >= 0.6 is 0 Å². The molecule has 6 nitrogen and oxygen atoms in total. The summed E-state index contributed by atoms with van der Waals surface area (Å²) >= 11 is 0. The van der Waals surface area contributed by atoms with Gasteiger partial charge in [0.25, 0.3) is 11.5 Å². The molecule has 3 aromatic rings. The molecule has 0 aliphatic rings. The first kappa shape index (κ1) is 16.4. The van der Waals surface area contributed by atoms with Crippen LogP contribution in [0.3, 0.4) is 0 Å². The van der Waals surface area contributed by atoms with Crippen LogP contribution in [0.5, 0.6) is 0 Å². The second-order valence-corrected chi connectivity index (χ2v) is 5.14. The Bertz CT molecular complexity index is 1030. The van der Waals surface area contributed by atoms with Crippen molar-refractivity contribution in [2.45, 2.75) is 6.92 Å². The van der Waals surface area contributed by atoms with Crippen molar-refractivity contribution in [3.63, 3.8) is 0 Å². The summed E-state index contributed by atoms with van der Waals surface area (Å²) in [5.41, 5.74) is 0.624. The zero-order valence-corrected chi connectivity index (χ0v) is 13.2. The zero-order chi connectivity index (χ0) is 17.8. The lowest BCUT2D eigenvalue weighted by atomic mass is 10.1. The first-order valence-corrected chi connectivity index (χ1v) is 7.34. The number of nitrogens with zero attached hydrogens (tertiary/aromatic N) is 1.